The summed E-state index contributed by atoms with van der Waals surface area (Å²) in [5, 5.41) is 0.712. The van der Waals surface area contributed by atoms with Crippen molar-refractivity contribution in [1.82, 2.24) is 0 Å². The Morgan fingerprint density at radius 1 is 1.50 bits per heavy atom. The van der Waals surface area contributed by atoms with E-state index in [-0.39, 0.29) is 0 Å². The summed E-state index contributed by atoms with van der Waals surface area (Å²) in [7, 11) is 1.55. The van der Waals surface area contributed by atoms with Crippen molar-refractivity contribution < 1.29 is 14.3 Å². The average molecular weight is 259 g/mol. The summed E-state index contributed by atoms with van der Waals surface area (Å²) >= 11 is 3.25. The van der Waals surface area contributed by atoms with Crippen LogP contribution in [-0.2, 0) is 0 Å². The Bertz CT molecular complexity index is 312. The summed E-state index contributed by atoms with van der Waals surface area (Å²) in [6.07, 6.45) is 0.756. The van der Waals surface area contributed by atoms with Crippen molar-refractivity contribution in [1.29, 1.82) is 0 Å². The lowest BCUT2D eigenvalue weighted by Crippen LogP contribution is -2.02. The van der Waals surface area contributed by atoms with Gasteiger partial charge in [-0.25, -0.2) is 0 Å². The number of benzene rings is 1. The molecule has 0 aliphatic rings. The summed E-state index contributed by atoms with van der Waals surface area (Å²) in [5.74, 6) is 1.08. The normalized spacial score (nSPS) is 9.57. The molecule has 0 saturated carbocycles. The Balaban J connectivity index is 2.99. The van der Waals surface area contributed by atoms with Crippen molar-refractivity contribution in [2.45, 2.75) is 0 Å². The van der Waals surface area contributed by atoms with Crippen LogP contribution in [0.4, 0.5) is 0 Å². The van der Waals surface area contributed by atoms with E-state index >= 15 is 0 Å². The van der Waals surface area contributed by atoms with Gasteiger partial charge in [-0.3, -0.25) is 4.79 Å². The van der Waals surface area contributed by atoms with Crippen molar-refractivity contribution in [3.8, 4) is 11.5 Å². The third-order valence-corrected chi connectivity index (χ3v) is 2.00. The van der Waals surface area contributed by atoms with E-state index in [1.807, 2.05) is 0 Å². The van der Waals surface area contributed by atoms with E-state index in [0.29, 0.717) is 29.0 Å². The summed E-state index contributed by atoms with van der Waals surface area (Å²) < 4.78 is 10.5. The fourth-order valence-electron chi connectivity index (χ4n) is 1.08. The van der Waals surface area contributed by atoms with Gasteiger partial charge in [0.05, 0.1) is 19.3 Å². The van der Waals surface area contributed by atoms with Crippen LogP contribution < -0.4 is 9.47 Å². The maximum absolute atomic E-state index is 10.7. The van der Waals surface area contributed by atoms with Gasteiger partial charge in [0.15, 0.2) is 17.8 Å². The Labute approximate surface area is 91.1 Å². The third-order valence-electron chi connectivity index (χ3n) is 1.68. The highest BCUT2D eigenvalue weighted by Gasteiger charge is 2.08. The van der Waals surface area contributed by atoms with Gasteiger partial charge in [-0.1, -0.05) is 22.0 Å². The van der Waals surface area contributed by atoms with Gasteiger partial charge in [0.25, 0.3) is 0 Å². The largest absolute Gasteiger partial charge is 0.493 e. The summed E-state index contributed by atoms with van der Waals surface area (Å²) in [4.78, 5) is 10.7. The number of rotatable bonds is 5. The molecular formula is C10H11BrO3. The molecule has 0 aliphatic carbocycles. The van der Waals surface area contributed by atoms with Crippen LogP contribution in [0.2, 0.25) is 0 Å². The lowest BCUT2D eigenvalue weighted by atomic mass is 10.2. The van der Waals surface area contributed by atoms with Gasteiger partial charge in [-0.2, -0.15) is 0 Å². The minimum atomic E-state index is 0.501. The Hall–Kier alpha value is -1.03. The number of para-hydroxylation sites is 1. The molecule has 0 unspecified atom stereocenters. The number of hydrogen-bond donors (Lipinski definition) is 0. The molecule has 3 nitrogen and oxygen atoms in total. The minimum Gasteiger partial charge on any atom is -0.493 e. The highest BCUT2D eigenvalue weighted by Crippen LogP contribution is 2.29. The molecule has 0 atom stereocenters. The highest BCUT2D eigenvalue weighted by molar-refractivity contribution is 9.09. The number of halogens is 1. The predicted molar refractivity (Wildman–Crippen MR) is 57.7 cm³/mol. The molecule has 4 heteroatoms. The van der Waals surface area contributed by atoms with Crippen molar-refractivity contribution in [2.24, 2.45) is 0 Å². The van der Waals surface area contributed by atoms with Crippen LogP contribution in [-0.4, -0.2) is 25.3 Å². The van der Waals surface area contributed by atoms with Crippen LogP contribution in [0.15, 0.2) is 18.2 Å². The zero-order chi connectivity index (χ0) is 10.4. The summed E-state index contributed by atoms with van der Waals surface area (Å²) in [6.45, 7) is 0.501. The second-order valence-electron chi connectivity index (χ2n) is 2.53. The molecule has 0 N–H and O–H groups in total. The molecule has 1 rings (SSSR count). The number of ether oxygens (including phenoxy) is 2. The first kappa shape index (κ1) is 11.0. The molecule has 0 aliphatic heterocycles. The van der Waals surface area contributed by atoms with Crippen molar-refractivity contribution >= 4 is 22.2 Å². The van der Waals surface area contributed by atoms with E-state index in [4.69, 9.17) is 9.47 Å². The van der Waals surface area contributed by atoms with E-state index in [1.54, 1.807) is 25.3 Å². The maximum Gasteiger partial charge on any atom is 0.171 e. The van der Waals surface area contributed by atoms with Gasteiger partial charge in [0, 0.05) is 5.33 Å². The standard InChI is InChI=1S/C10H11BrO3/c1-13-9-4-2-3-8(7-12)10(9)14-6-5-11/h2-4,7H,5-6H2,1H3. The van der Waals surface area contributed by atoms with E-state index in [1.165, 1.54) is 0 Å². The first-order valence-electron chi connectivity index (χ1n) is 4.14. The molecule has 0 spiro atoms. The van der Waals surface area contributed by atoms with Gasteiger partial charge in [0.2, 0.25) is 0 Å². The maximum atomic E-state index is 10.7. The fourth-order valence-corrected chi connectivity index (χ4v) is 1.24. The molecule has 76 valence electrons. The minimum absolute atomic E-state index is 0.501. The smallest absolute Gasteiger partial charge is 0.171 e. The van der Waals surface area contributed by atoms with Gasteiger partial charge in [-0.05, 0) is 12.1 Å². The Morgan fingerprint density at radius 2 is 2.29 bits per heavy atom. The molecular weight excluding hydrogens is 248 g/mol. The van der Waals surface area contributed by atoms with Crippen molar-refractivity contribution in [3.63, 3.8) is 0 Å². The molecule has 0 fully saturated rings. The molecule has 1 aromatic carbocycles. The van der Waals surface area contributed by atoms with E-state index in [2.05, 4.69) is 15.9 Å². The average Bonchev–Trinajstić information content (AvgIpc) is 2.25. The quantitative estimate of drug-likeness (QED) is 0.601. The topological polar surface area (TPSA) is 35.5 Å². The Kier molecular flexibility index (Phi) is 4.46. The van der Waals surface area contributed by atoms with Crippen LogP contribution >= 0.6 is 15.9 Å². The number of alkyl halides is 1. The first-order valence-corrected chi connectivity index (χ1v) is 5.26. The van der Waals surface area contributed by atoms with E-state index in [9.17, 15) is 4.79 Å². The van der Waals surface area contributed by atoms with Crippen molar-refractivity contribution in [3.05, 3.63) is 23.8 Å². The van der Waals surface area contributed by atoms with Gasteiger partial charge in [0.1, 0.15) is 0 Å². The highest BCUT2D eigenvalue weighted by atomic mass is 79.9. The van der Waals surface area contributed by atoms with Crippen LogP contribution in [0, 0.1) is 0 Å². The summed E-state index contributed by atoms with van der Waals surface area (Å²) in [5.41, 5.74) is 0.505. The zero-order valence-corrected chi connectivity index (χ0v) is 9.41. The number of aldehydes is 1. The fraction of sp³-hybridized carbons (Fsp3) is 0.300. The SMILES string of the molecule is COc1cccc(C=O)c1OCCBr. The summed E-state index contributed by atoms with van der Waals surface area (Å²) in [6, 6.07) is 5.21. The Morgan fingerprint density at radius 3 is 2.86 bits per heavy atom. The lowest BCUT2D eigenvalue weighted by Gasteiger charge is -2.10. The number of carbonyl (C=O) groups excluding carboxylic acids is 1. The molecule has 1 aromatic rings. The first-order chi connectivity index (χ1) is 6.83. The molecule has 0 amide bonds. The molecule has 0 saturated heterocycles. The van der Waals surface area contributed by atoms with Crippen LogP contribution in [0.25, 0.3) is 0 Å². The van der Waals surface area contributed by atoms with E-state index < -0.39 is 0 Å². The van der Waals surface area contributed by atoms with Gasteiger partial charge in [-0.15, -0.1) is 0 Å². The second kappa shape index (κ2) is 5.65. The molecule has 0 bridgehead atoms. The molecule has 0 radical (unpaired) electrons. The second-order valence-corrected chi connectivity index (χ2v) is 3.33. The molecule has 14 heavy (non-hydrogen) atoms. The third kappa shape index (κ3) is 2.48. The number of methoxy groups -OCH3 is 1. The zero-order valence-electron chi connectivity index (χ0n) is 7.83. The van der Waals surface area contributed by atoms with Crippen molar-refractivity contribution in [2.75, 3.05) is 19.0 Å². The lowest BCUT2D eigenvalue weighted by molar-refractivity contribution is 0.111. The molecule has 0 heterocycles. The van der Waals surface area contributed by atoms with Crippen LogP contribution in [0.3, 0.4) is 0 Å². The van der Waals surface area contributed by atoms with Gasteiger partial charge >= 0.3 is 0 Å². The number of carbonyl (C=O) groups is 1. The monoisotopic (exact) mass is 258 g/mol. The van der Waals surface area contributed by atoms with Crippen LogP contribution in [0.1, 0.15) is 10.4 Å². The van der Waals surface area contributed by atoms with Crippen LogP contribution in [0.5, 0.6) is 11.5 Å². The van der Waals surface area contributed by atoms with Gasteiger partial charge < -0.3 is 9.47 Å². The molecule has 0 aromatic heterocycles. The predicted octanol–water partition coefficient (Wildman–Crippen LogP) is 2.28. The number of hydrogen-bond acceptors (Lipinski definition) is 3. The van der Waals surface area contributed by atoms with E-state index in [0.717, 1.165) is 6.29 Å².